The summed E-state index contributed by atoms with van der Waals surface area (Å²) in [6.45, 7) is 5.91. The second-order valence-corrected chi connectivity index (χ2v) is 5.49. The van der Waals surface area contributed by atoms with E-state index in [1.54, 1.807) is 0 Å². The minimum Gasteiger partial charge on any atom is -0.487 e. The van der Waals surface area contributed by atoms with Crippen LogP contribution in [0.15, 0.2) is 42.5 Å². The summed E-state index contributed by atoms with van der Waals surface area (Å²) in [6, 6.07) is 14.5. The molecular formula is C17H20N2O. The third kappa shape index (κ3) is 2.44. The number of nitrogen functional groups attached to an aromatic ring is 1. The van der Waals surface area contributed by atoms with Crippen molar-refractivity contribution in [2.45, 2.75) is 26.5 Å². The maximum Gasteiger partial charge on any atom is 0.145 e. The lowest BCUT2D eigenvalue weighted by Crippen LogP contribution is -2.38. The lowest BCUT2D eigenvalue weighted by Gasteiger charge is -2.35. The van der Waals surface area contributed by atoms with E-state index in [0.29, 0.717) is 0 Å². The van der Waals surface area contributed by atoms with Crippen LogP contribution in [0.2, 0.25) is 0 Å². The number of ether oxygens (including phenoxy) is 1. The summed E-state index contributed by atoms with van der Waals surface area (Å²) in [4.78, 5) is 2.31. The lowest BCUT2D eigenvalue weighted by atomic mass is 10.1. The number of fused-ring (bicyclic) bond motifs is 1. The van der Waals surface area contributed by atoms with Gasteiger partial charge in [-0.1, -0.05) is 35.9 Å². The molecule has 2 aromatic rings. The molecule has 1 unspecified atom stereocenters. The summed E-state index contributed by atoms with van der Waals surface area (Å²) in [5.41, 5.74) is 10.5. The minimum absolute atomic E-state index is 0.176. The van der Waals surface area contributed by atoms with E-state index < -0.39 is 0 Å². The van der Waals surface area contributed by atoms with Crippen molar-refractivity contribution < 1.29 is 4.74 Å². The summed E-state index contributed by atoms with van der Waals surface area (Å²) >= 11 is 0. The molecular weight excluding hydrogens is 248 g/mol. The molecule has 0 aromatic heterocycles. The number of nitrogens with zero attached hydrogens (tertiary/aromatic N) is 1. The molecule has 1 atom stereocenters. The fraction of sp³-hybridized carbons (Fsp3) is 0.294. The van der Waals surface area contributed by atoms with E-state index >= 15 is 0 Å². The Bertz CT molecular complexity index is 607. The molecule has 0 spiro atoms. The maximum absolute atomic E-state index is 6.13. The molecule has 1 aliphatic heterocycles. The SMILES string of the molecule is Cc1ccc(CN2CC(C)Oc3cccc(N)c32)cc1. The van der Waals surface area contributed by atoms with Gasteiger partial charge in [-0.25, -0.2) is 0 Å². The third-order valence-corrected chi connectivity index (χ3v) is 3.65. The summed E-state index contributed by atoms with van der Waals surface area (Å²) in [6.07, 6.45) is 0.176. The quantitative estimate of drug-likeness (QED) is 0.849. The normalized spacial score (nSPS) is 17.5. The molecule has 104 valence electrons. The van der Waals surface area contributed by atoms with E-state index in [0.717, 1.165) is 30.2 Å². The van der Waals surface area contributed by atoms with Crippen LogP contribution in [-0.4, -0.2) is 12.6 Å². The highest BCUT2D eigenvalue weighted by molar-refractivity contribution is 5.75. The van der Waals surface area contributed by atoms with Gasteiger partial charge in [-0.05, 0) is 31.5 Å². The van der Waals surface area contributed by atoms with Gasteiger partial charge in [-0.15, -0.1) is 0 Å². The summed E-state index contributed by atoms with van der Waals surface area (Å²) < 4.78 is 5.88. The zero-order valence-electron chi connectivity index (χ0n) is 12.0. The number of hydrogen-bond acceptors (Lipinski definition) is 3. The molecule has 0 fully saturated rings. The Hall–Kier alpha value is -2.16. The molecule has 0 aliphatic carbocycles. The van der Waals surface area contributed by atoms with Gasteiger partial charge in [-0.3, -0.25) is 0 Å². The molecule has 2 aromatic carbocycles. The highest BCUT2D eigenvalue weighted by Gasteiger charge is 2.24. The van der Waals surface area contributed by atoms with Crippen molar-refractivity contribution in [3.63, 3.8) is 0 Å². The molecule has 20 heavy (non-hydrogen) atoms. The Balaban J connectivity index is 1.92. The highest BCUT2D eigenvalue weighted by atomic mass is 16.5. The number of benzene rings is 2. The number of nitrogens with two attached hydrogens (primary N) is 1. The van der Waals surface area contributed by atoms with Gasteiger partial charge < -0.3 is 15.4 Å². The van der Waals surface area contributed by atoms with Crippen LogP contribution in [0.25, 0.3) is 0 Å². The van der Waals surface area contributed by atoms with Crippen molar-refractivity contribution in [2.75, 3.05) is 17.2 Å². The average molecular weight is 268 g/mol. The third-order valence-electron chi connectivity index (χ3n) is 3.65. The number of para-hydroxylation sites is 1. The first kappa shape index (κ1) is 12.9. The molecule has 0 saturated carbocycles. The standard InChI is InChI=1S/C17H20N2O/c1-12-6-8-14(9-7-12)11-19-10-13(2)20-16-5-3-4-15(18)17(16)19/h3-9,13H,10-11,18H2,1-2H3. The first-order valence-electron chi connectivity index (χ1n) is 6.99. The van der Waals surface area contributed by atoms with Crippen molar-refractivity contribution in [3.05, 3.63) is 53.6 Å². The number of rotatable bonds is 2. The van der Waals surface area contributed by atoms with E-state index in [-0.39, 0.29) is 6.10 Å². The van der Waals surface area contributed by atoms with Gasteiger partial charge in [0.15, 0.2) is 0 Å². The molecule has 0 amide bonds. The molecule has 0 saturated heterocycles. The van der Waals surface area contributed by atoms with Crippen molar-refractivity contribution in [1.29, 1.82) is 0 Å². The predicted molar refractivity (Wildman–Crippen MR) is 83.2 cm³/mol. The van der Waals surface area contributed by atoms with Crippen LogP contribution in [0, 0.1) is 6.92 Å². The molecule has 0 radical (unpaired) electrons. The summed E-state index contributed by atoms with van der Waals surface area (Å²) in [5, 5.41) is 0. The number of aryl methyl sites for hydroxylation is 1. The van der Waals surface area contributed by atoms with Crippen molar-refractivity contribution in [2.24, 2.45) is 0 Å². The molecule has 1 heterocycles. The molecule has 2 N–H and O–H groups in total. The second kappa shape index (κ2) is 5.08. The van der Waals surface area contributed by atoms with E-state index in [4.69, 9.17) is 10.5 Å². The Kier molecular flexibility index (Phi) is 3.26. The topological polar surface area (TPSA) is 38.5 Å². The highest BCUT2D eigenvalue weighted by Crippen LogP contribution is 2.38. The first-order chi connectivity index (χ1) is 9.63. The molecule has 3 rings (SSSR count). The van der Waals surface area contributed by atoms with Gasteiger partial charge >= 0.3 is 0 Å². The second-order valence-electron chi connectivity index (χ2n) is 5.49. The summed E-state index contributed by atoms with van der Waals surface area (Å²) in [7, 11) is 0. The van der Waals surface area contributed by atoms with Gasteiger partial charge in [-0.2, -0.15) is 0 Å². The predicted octanol–water partition coefficient (Wildman–Crippen LogP) is 3.36. The largest absolute Gasteiger partial charge is 0.487 e. The monoisotopic (exact) mass is 268 g/mol. The fourth-order valence-corrected chi connectivity index (χ4v) is 2.69. The van der Waals surface area contributed by atoms with Gasteiger partial charge in [0.1, 0.15) is 17.5 Å². The number of anilines is 2. The zero-order valence-corrected chi connectivity index (χ0v) is 12.0. The fourth-order valence-electron chi connectivity index (χ4n) is 2.69. The molecule has 1 aliphatic rings. The van der Waals surface area contributed by atoms with Crippen molar-refractivity contribution >= 4 is 11.4 Å². The van der Waals surface area contributed by atoms with E-state index in [9.17, 15) is 0 Å². The Morgan fingerprint density at radius 2 is 1.95 bits per heavy atom. The maximum atomic E-state index is 6.13. The van der Waals surface area contributed by atoms with Gasteiger partial charge in [0.25, 0.3) is 0 Å². The Labute approximate surface area is 120 Å². The smallest absolute Gasteiger partial charge is 0.145 e. The molecule has 0 bridgehead atoms. The first-order valence-corrected chi connectivity index (χ1v) is 6.99. The van der Waals surface area contributed by atoms with Crippen LogP contribution < -0.4 is 15.4 Å². The van der Waals surface area contributed by atoms with Gasteiger partial charge in [0, 0.05) is 6.54 Å². The minimum atomic E-state index is 0.176. The van der Waals surface area contributed by atoms with Gasteiger partial charge in [0.05, 0.1) is 12.2 Å². The van der Waals surface area contributed by atoms with Gasteiger partial charge in [0.2, 0.25) is 0 Å². The zero-order chi connectivity index (χ0) is 14.1. The van der Waals surface area contributed by atoms with Crippen LogP contribution >= 0.6 is 0 Å². The van der Waals surface area contributed by atoms with Crippen LogP contribution in [0.3, 0.4) is 0 Å². The van der Waals surface area contributed by atoms with Crippen LogP contribution in [0.1, 0.15) is 18.1 Å². The Morgan fingerprint density at radius 1 is 1.20 bits per heavy atom. The van der Waals surface area contributed by atoms with E-state index in [1.807, 2.05) is 18.2 Å². The van der Waals surface area contributed by atoms with Crippen LogP contribution in [0.5, 0.6) is 5.75 Å². The van der Waals surface area contributed by atoms with E-state index in [1.165, 1.54) is 11.1 Å². The molecule has 3 nitrogen and oxygen atoms in total. The number of hydrogen-bond donors (Lipinski definition) is 1. The van der Waals surface area contributed by atoms with Crippen LogP contribution in [0.4, 0.5) is 11.4 Å². The lowest BCUT2D eigenvalue weighted by molar-refractivity contribution is 0.212. The summed E-state index contributed by atoms with van der Waals surface area (Å²) in [5.74, 6) is 0.885. The van der Waals surface area contributed by atoms with Crippen LogP contribution in [-0.2, 0) is 6.54 Å². The Morgan fingerprint density at radius 3 is 2.70 bits per heavy atom. The molecule has 3 heteroatoms. The van der Waals surface area contributed by atoms with Crippen molar-refractivity contribution in [1.82, 2.24) is 0 Å². The van der Waals surface area contributed by atoms with Crippen molar-refractivity contribution in [3.8, 4) is 5.75 Å². The van der Waals surface area contributed by atoms with E-state index in [2.05, 4.69) is 43.0 Å². The average Bonchev–Trinajstić information content (AvgIpc) is 2.41.